The number of carbonyl (C=O) groups is 1. The molecule has 1 N–H and O–H groups in total. The molecule has 0 unspecified atom stereocenters. The molecule has 0 radical (unpaired) electrons. The van der Waals surface area contributed by atoms with Gasteiger partial charge in [0.15, 0.2) is 0 Å². The van der Waals surface area contributed by atoms with Gasteiger partial charge in [-0.25, -0.2) is 0 Å². The Morgan fingerprint density at radius 2 is 1.69 bits per heavy atom. The van der Waals surface area contributed by atoms with E-state index in [1.165, 1.54) is 31.5 Å². The van der Waals surface area contributed by atoms with E-state index in [-0.39, 0.29) is 5.91 Å². The summed E-state index contributed by atoms with van der Waals surface area (Å²) in [7, 11) is 0. The van der Waals surface area contributed by atoms with Crippen molar-refractivity contribution in [2.45, 2.75) is 38.8 Å². The lowest BCUT2D eigenvalue weighted by atomic mass is 10.1. The van der Waals surface area contributed by atoms with E-state index < -0.39 is 0 Å². The van der Waals surface area contributed by atoms with Gasteiger partial charge in [-0.2, -0.15) is 0 Å². The highest BCUT2D eigenvalue weighted by atomic mass is 35.5. The fraction of sp³-hybridized carbons (Fsp3) is 0.381. The molecule has 0 atom stereocenters. The number of hydrogen-bond acceptors (Lipinski definition) is 2. The second kappa shape index (κ2) is 9.40. The lowest BCUT2D eigenvalue weighted by molar-refractivity contribution is -0.121. The van der Waals surface area contributed by atoms with Crippen LogP contribution in [0.1, 0.15) is 36.0 Å². The van der Waals surface area contributed by atoms with E-state index in [1.807, 2.05) is 6.07 Å². The van der Waals surface area contributed by atoms with Crippen LogP contribution in [0.3, 0.4) is 0 Å². The fourth-order valence-corrected chi connectivity index (χ4v) is 3.73. The van der Waals surface area contributed by atoms with Crippen molar-refractivity contribution in [2.75, 3.05) is 13.1 Å². The van der Waals surface area contributed by atoms with Crippen LogP contribution >= 0.6 is 23.2 Å². The van der Waals surface area contributed by atoms with Crippen molar-refractivity contribution in [3.05, 3.63) is 69.2 Å². The molecular weight excluding hydrogens is 367 g/mol. The number of hydrogen-bond donors (Lipinski definition) is 1. The molecule has 0 spiro atoms. The number of nitrogens with zero attached hydrogens (tertiary/aromatic N) is 1. The molecule has 1 fully saturated rings. The number of carbonyl (C=O) groups excluding carboxylic acids is 1. The van der Waals surface area contributed by atoms with Gasteiger partial charge in [0.25, 0.3) is 0 Å². The molecular formula is C21H24Cl2N2O. The second-order valence-corrected chi connectivity index (χ2v) is 7.66. The van der Waals surface area contributed by atoms with Crippen LogP contribution in [0.25, 0.3) is 0 Å². The fourth-order valence-electron chi connectivity index (χ4n) is 3.22. The Kier molecular flexibility index (Phi) is 6.95. The third-order valence-electron chi connectivity index (χ3n) is 4.75. The number of aryl methyl sites for hydroxylation is 1. The molecule has 3 nitrogen and oxygen atoms in total. The monoisotopic (exact) mass is 390 g/mol. The first kappa shape index (κ1) is 19.2. The molecule has 1 saturated heterocycles. The van der Waals surface area contributed by atoms with Gasteiger partial charge in [-0.3, -0.25) is 9.69 Å². The molecule has 2 aromatic carbocycles. The predicted octanol–water partition coefficient (Wildman–Crippen LogP) is 4.84. The van der Waals surface area contributed by atoms with Crippen LogP contribution in [0.4, 0.5) is 0 Å². The Morgan fingerprint density at radius 3 is 2.38 bits per heavy atom. The van der Waals surface area contributed by atoms with Gasteiger partial charge < -0.3 is 5.32 Å². The zero-order valence-electron chi connectivity index (χ0n) is 14.8. The van der Waals surface area contributed by atoms with Gasteiger partial charge in [0.05, 0.1) is 0 Å². The van der Waals surface area contributed by atoms with Crippen molar-refractivity contribution in [3.63, 3.8) is 0 Å². The molecule has 2 aromatic rings. The van der Waals surface area contributed by atoms with E-state index in [4.69, 9.17) is 23.2 Å². The first-order valence-electron chi connectivity index (χ1n) is 9.11. The van der Waals surface area contributed by atoms with E-state index in [9.17, 15) is 4.79 Å². The highest BCUT2D eigenvalue weighted by molar-refractivity contribution is 6.35. The third-order valence-corrected chi connectivity index (χ3v) is 5.34. The molecule has 1 aliphatic rings. The smallest absolute Gasteiger partial charge is 0.220 e. The Labute approximate surface area is 165 Å². The van der Waals surface area contributed by atoms with Crippen molar-refractivity contribution < 1.29 is 4.79 Å². The van der Waals surface area contributed by atoms with E-state index >= 15 is 0 Å². The van der Waals surface area contributed by atoms with Crippen molar-refractivity contribution in [3.8, 4) is 0 Å². The van der Waals surface area contributed by atoms with Gasteiger partial charge >= 0.3 is 0 Å². The third kappa shape index (κ3) is 5.73. The Morgan fingerprint density at radius 1 is 1.00 bits per heavy atom. The predicted molar refractivity (Wildman–Crippen MR) is 108 cm³/mol. The van der Waals surface area contributed by atoms with Crippen LogP contribution in [0, 0.1) is 0 Å². The molecule has 0 bridgehead atoms. The zero-order chi connectivity index (χ0) is 18.4. The van der Waals surface area contributed by atoms with Gasteiger partial charge in [-0.05, 0) is 61.2 Å². The van der Waals surface area contributed by atoms with Gasteiger partial charge in [0.1, 0.15) is 0 Å². The summed E-state index contributed by atoms with van der Waals surface area (Å²) >= 11 is 12.0. The molecule has 1 heterocycles. The number of benzene rings is 2. The first-order valence-corrected chi connectivity index (χ1v) is 9.86. The summed E-state index contributed by atoms with van der Waals surface area (Å²) in [5.41, 5.74) is 3.39. The van der Waals surface area contributed by atoms with Gasteiger partial charge in [-0.1, -0.05) is 53.5 Å². The standard InChI is InChI=1S/C21H24Cl2N2O/c22-19-9-7-18(20(23)13-19)8-10-21(26)24-14-16-3-5-17(6-4-16)15-25-11-1-2-12-25/h3-7,9,13H,1-2,8,10-12,14-15H2,(H,24,26). The highest BCUT2D eigenvalue weighted by Crippen LogP contribution is 2.22. The second-order valence-electron chi connectivity index (χ2n) is 6.81. The van der Waals surface area contributed by atoms with Crippen molar-refractivity contribution in [1.82, 2.24) is 10.2 Å². The van der Waals surface area contributed by atoms with Crippen LogP contribution in [-0.2, 0) is 24.3 Å². The summed E-state index contributed by atoms with van der Waals surface area (Å²) in [4.78, 5) is 14.6. The number of halogens is 2. The first-order chi connectivity index (χ1) is 12.6. The van der Waals surface area contributed by atoms with Crippen molar-refractivity contribution >= 4 is 29.1 Å². The largest absolute Gasteiger partial charge is 0.352 e. The number of rotatable bonds is 7. The van der Waals surface area contributed by atoms with Gasteiger partial charge in [0, 0.05) is 29.6 Å². The molecule has 0 saturated carbocycles. The summed E-state index contributed by atoms with van der Waals surface area (Å²) < 4.78 is 0. The van der Waals surface area contributed by atoms with E-state index in [1.54, 1.807) is 12.1 Å². The topological polar surface area (TPSA) is 32.3 Å². The Hall–Kier alpha value is -1.55. The van der Waals surface area contributed by atoms with Crippen LogP contribution in [0.5, 0.6) is 0 Å². The average Bonchev–Trinajstić information content (AvgIpc) is 3.13. The number of amides is 1. The molecule has 3 rings (SSSR count). The van der Waals surface area contributed by atoms with E-state index in [0.717, 1.165) is 17.7 Å². The van der Waals surface area contributed by atoms with E-state index in [2.05, 4.69) is 34.5 Å². The summed E-state index contributed by atoms with van der Waals surface area (Å²) in [6.45, 7) is 3.98. The summed E-state index contributed by atoms with van der Waals surface area (Å²) in [5, 5.41) is 4.19. The number of nitrogens with one attached hydrogen (secondary N) is 1. The lowest BCUT2D eigenvalue weighted by Crippen LogP contribution is -2.23. The Balaban J connectivity index is 1.42. The van der Waals surface area contributed by atoms with Crippen molar-refractivity contribution in [2.24, 2.45) is 0 Å². The summed E-state index contributed by atoms with van der Waals surface area (Å²) in [6, 6.07) is 13.9. The summed E-state index contributed by atoms with van der Waals surface area (Å²) in [5.74, 6) is 0.0251. The average molecular weight is 391 g/mol. The maximum atomic E-state index is 12.1. The minimum Gasteiger partial charge on any atom is -0.352 e. The SMILES string of the molecule is O=C(CCc1ccc(Cl)cc1Cl)NCc1ccc(CN2CCCC2)cc1. The van der Waals surface area contributed by atoms with E-state index in [0.29, 0.717) is 29.4 Å². The molecule has 5 heteroatoms. The molecule has 26 heavy (non-hydrogen) atoms. The highest BCUT2D eigenvalue weighted by Gasteiger charge is 2.11. The molecule has 0 aliphatic carbocycles. The maximum absolute atomic E-state index is 12.1. The molecule has 138 valence electrons. The van der Waals surface area contributed by atoms with Crippen molar-refractivity contribution in [1.29, 1.82) is 0 Å². The van der Waals surface area contributed by atoms with Crippen LogP contribution < -0.4 is 5.32 Å². The molecule has 1 amide bonds. The lowest BCUT2D eigenvalue weighted by Gasteiger charge is -2.14. The minimum atomic E-state index is 0.0251. The van der Waals surface area contributed by atoms with Gasteiger partial charge in [0.2, 0.25) is 5.91 Å². The van der Waals surface area contributed by atoms with Crippen LogP contribution in [0.15, 0.2) is 42.5 Å². The maximum Gasteiger partial charge on any atom is 0.220 e. The van der Waals surface area contributed by atoms with Crippen LogP contribution in [0.2, 0.25) is 10.0 Å². The number of likely N-dealkylation sites (tertiary alicyclic amines) is 1. The van der Waals surface area contributed by atoms with Crippen LogP contribution in [-0.4, -0.2) is 23.9 Å². The normalized spacial score (nSPS) is 14.5. The molecule has 0 aromatic heterocycles. The van der Waals surface area contributed by atoms with Gasteiger partial charge in [-0.15, -0.1) is 0 Å². The Bertz CT molecular complexity index is 740. The molecule has 1 aliphatic heterocycles. The quantitative estimate of drug-likeness (QED) is 0.733. The summed E-state index contributed by atoms with van der Waals surface area (Å²) in [6.07, 6.45) is 3.64. The minimum absolute atomic E-state index is 0.0251. The zero-order valence-corrected chi connectivity index (χ0v) is 16.3.